The van der Waals surface area contributed by atoms with Gasteiger partial charge in [0.05, 0.1) is 11.2 Å². The van der Waals surface area contributed by atoms with Crippen molar-refractivity contribution in [2.24, 2.45) is 7.05 Å². The van der Waals surface area contributed by atoms with Crippen molar-refractivity contribution in [3.63, 3.8) is 0 Å². The Balaban J connectivity index is 1.48. The van der Waals surface area contributed by atoms with Gasteiger partial charge in [0.25, 0.3) is 5.91 Å². The first kappa shape index (κ1) is 22.1. The molecule has 1 atom stereocenters. The van der Waals surface area contributed by atoms with Crippen LogP contribution in [0.15, 0.2) is 35.1 Å². The number of carbonyl (C=O) groups is 1. The Morgan fingerprint density at radius 2 is 2.09 bits per heavy atom. The lowest BCUT2D eigenvalue weighted by atomic mass is 10.1. The molecule has 3 heterocycles. The fourth-order valence-electron chi connectivity index (χ4n) is 4.05. The van der Waals surface area contributed by atoms with Crippen molar-refractivity contribution in [2.75, 3.05) is 31.6 Å². The van der Waals surface area contributed by atoms with Gasteiger partial charge in [-0.1, -0.05) is 18.3 Å². The van der Waals surface area contributed by atoms with E-state index in [-0.39, 0.29) is 17.4 Å². The molecule has 32 heavy (non-hydrogen) atoms. The summed E-state index contributed by atoms with van der Waals surface area (Å²) in [5, 5.41) is 3.29. The van der Waals surface area contributed by atoms with Crippen LogP contribution in [-0.2, 0) is 13.6 Å². The molecule has 0 spiro atoms. The minimum atomic E-state index is -0.641. The number of amides is 1. The van der Waals surface area contributed by atoms with Gasteiger partial charge in [-0.05, 0) is 36.8 Å². The van der Waals surface area contributed by atoms with E-state index in [2.05, 4.69) is 27.1 Å². The SMILES string of the molecule is CNC(=O)c1ccc(N2CCN(Cc3ccc4c(=S)n(C)c(=O)[nH]c4c3)C(C)C2)c(F)n1. The van der Waals surface area contributed by atoms with E-state index in [1.807, 2.05) is 23.1 Å². The van der Waals surface area contributed by atoms with Gasteiger partial charge in [-0.2, -0.15) is 4.39 Å². The van der Waals surface area contributed by atoms with Gasteiger partial charge in [0, 0.05) is 51.7 Å². The van der Waals surface area contributed by atoms with Crippen molar-refractivity contribution < 1.29 is 9.18 Å². The maximum Gasteiger partial charge on any atom is 0.326 e. The second-order valence-corrected chi connectivity index (χ2v) is 8.41. The summed E-state index contributed by atoms with van der Waals surface area (Å²) in [6.07, 6.45) is 0. The van der Waals surface area contributed by atoms with Gasteiger partial charge in [0.2, 0.25) is 5.95 Å². The predicted molar refractivity (Wildman–Crippen MR) is 124 cm³/mol. The number of aromatic amines is 1. The van der Waals surface area contributed by atoms with Crippen molar-refractivity contribution in [3.8, 4) is 0 Å². The molecule has 0 aliphatic carbocycles. The summed E-state index contributed by atoms with van der Waals surface area (Å²) in [6, 6.07) is 9.25. The smallest absolute Gasteiger partial charge is 0.326 e. The van der Waals surface area contributed by atoms with Gasteiger partial charge in [0.1, 0.15) is 10.3 Å². The standard InChI is InChI=1S/C22H25FN6O2S/c1-13-11-29(18-7-6-16(20(30)24-2)25-19(18)23)9-8-28(13)12-14-4-5-15-17(10-14)26-22(31)27(3)21(15)32/h4-7,10,13H,8-9,11-12H2,1-3H3,(H,24,30)(H,26,31). The lowest BCUT2D eigenvalue weighted by Gasteiger charge is -2.41. The van der Waals surface area contributed by atoms with Gasteiger partial charge in [-0.3, -0.25) is 14.3 Å². The average molecular weight is 457 g/mol. The summed E-state index contributed by atoms with van der Waals surface area (Å²) in [7, 11) is 3.14. The van der Waals surface area contributed by atoms with E-state index in [0.717, 1.165) is 23.0 Å². The Kier molecular flexibility index (Phi) is 6.07. The number of nitrogens with zero attached hydrogens (tertiary/aromatic N) is 4. The molecule has 3 aromatic rings. The second-order valence-electron chi connectivity index (χ2n) is 8.03. The van der Waals surface area contributed by atoms with E-state index in [1.54, 1.807) is 13.1 Å². The third-order valence-corrected chi connectivity index (χ3v) is 6.44. The normalized spacial score (nSPS) is 17.0. The maximum absolute atomic E-state index is 14.6. The van der Waals surface area contributed by atoms with Crippen LogP contribution in [-0.4, -0.2) is 58.1 Å². The number of rotatable bonds is 4. The number of hydrogen-bond acceptors (Lipinski definition) is 6. The molecular formula is C22H25FN6O2S. The van der Waals surface area contributed by atoms with E-state index < -0.39 is 11.9 Å². The quantitative estimate of drug-likeness (QED) is 0.463. The van der Waals surface area contributed by atoms with E-state index >= 15 is 0 Å². The molecule has 10 heteroatoms. The lowest BCUT2D eigenvalue weighted by Crippen LogP contribution is -2.51. The largest absolute Gasteiger partial charge is 0.365 e. The van der Waals surface area contributed by atoms with Gasteiger partial charge < -0.3 is 15.2 Å². The zero-order chi connectivity index (χ0) is 23.0. The fourth-order valence-corrected chi connectivity index (χ4v) is 4.31. The Morgan fingerprint density at radius 1 is 1.31 bits per heavy atom. The number of piperazine rings is 1. The number of nitrogens with one attached hydrogen (secondary N) is 2. The Bertz CT molecular complexity index is 1300. The van der Waals surface area contributed by atoms with Gasteiger partial charge >= 0.3 is 5.69 Å². The zero-order valence-electron chi connectivity index (χ0n) is 18.2. The Hall–Kier alpha value is -3.11. The first-order chi connectivity index (χ1) is 15.3. The number of H-pyrrole nitrogens is 1. The van der Waals surface area contributed by atoms with Crippen molar-refractivity contribution in [2.45, 2.75) is 19.5 Å². The first-order valence-electron chi connectivity index (χ1n) is 10.4. The zero-order valence-corrected chi connectivity index (χ0v) is 19.0. The number of anilines is 1. The van der Waals surface area contributed by atoms with Crippen molar-refractivity contribution in [1.82, 2.24) is 24.8 Å². The van der Waals surface area contributed by atoms with Crippen LogP contribution in [0.3, 0.4) is 0 Å². The Morgan fingerprint density at radius 3 is 2.78 bits per heavy atom. The first-order valence-corrected chi connectivity index (χ1v) is 10.8. The molecule has 1 fully saturated rings. The monoisotopic (exact) mass is 456 g/mol. The molecule has 2 N–H and O–H groups in total. The highest BCUT2D eigenvalue weighted by Crippen LogP contribution is 2.24. The fraction of sp³-hybridized carbons (Fsp3) is 0.364. The molecular weight excluding hydrogens is 431 g/mol. The lowest BCUT2D eigenvalue weighted by molar-refractivity contribution is 0.0957. The molecule has 4 rings (SSSR count). The number of hydrogen-bond donors (Lipinski definition) is 2. The van der Waals surface area contributed by atoms with Crippen LogP contribution in [0, 0.1) is 10.6 Å². The maximum atomic E-state index is 14.6. The van der Waals surface area contributed by atoms with Crippen LogP contribution >= 0.6 is 12.2 Å². The molecule has 0 radical (unpaired) electrons. The topological polar surface area (TPSA) is 86.3 Å². The molecule has 168 valence electrons. The highest BCUT2D eigenvalue weighted by atomic mass is 32.1. The molecule has 1 aliphatic rings. The summed E-state index contributed by atoms with van der Waals surface area (Å²) in [5.41, 5.74) is 2.02. The van der Waals surface area contributed by atoms with Gasteiger partial charge in [-0.15, -0.1) is 0 Å². The highest BCUT2D eigenvalue weighted by molar-refractivity contribution is 7.71. The average Bonchev–Trinajstić information content (AvgIpc) is 2.78. The van der Waals surface area contributed by atoms with Crippen LogP contribution < -0.4 is 15.9 Å². The third-order valence-electron chi connectivity index (χ3n) is 5.95. The predicted octanol–water partition coefficient (Wildman–Crippen LogP) is 2.20. The van der Waals surface area contributed by atoms with Crippen LogP contribution in [0.5, 0.6) is 0 Å². The molecule has 0 saturated carbocycles. The molecule has 1 aliphatic heterocycles. The van der Waals surface area contributed by atoms with E-state index in [1.165, 1.54) is 17.7 Å². The molecule has 8 nitrogen and oxygen atoms in total. The Labute approximate surface area is 189 Å². The number of halogens is 1. The number of benzene rings is 1. The van der Waals surface area contributed by atoms with Crippen LogP contribution in [0.1, 0.15) is 23.0 Å². The second kappa shape index (κ2) is 8.79. The van der Waals surface area contributed by atoms with Crippen molar-refractivity contribution in [1.29, 1.82) is 0 Å². The van der Waals surface area contributed by atoms with Gasteiger partial charge in [0.15, 0.2) is 0 Å². The molecule has 1 unspecified atom stereocenters. The summed E-state index contributed by atoms with van der Waals surface area (Å²) >= 11 is 5.37. The molecule has 2 aromatic heterocycles. The summed E-state index contributed by atoms with van der Waals surface area (Å²) in [6.45, 7) is 4.81. The molecule has 1 saturated heterocycles. The summed E-state index contributed by atoms with van der Waals surface area (Å²) < 4.78 is 16.5. The van der Waals surface area contributed by atoms with Crippen LogP contribution in [0.4, 0.5) is 10.1 Å². The van der Waals surface area contributed by atoms with E-state index in [4.69, 9.17) is 12.2 Å². The van der Waals surface area contributed by atoms with Crippen LogP contribution in [0.25, 0.3) is 10.9 Å². The summed E-state index contributed by atoms with van der Waals surface area (Å²) in [4.78, 5) is 34.7. The number of pyridine rings is 1. The van der Waals surface area contributed by atoms with Crippen molar-refractivity contribution >= 4 is 34.7 Å². The van der Waals surface area contributed by atoms with E-state index in [0.29, 0.717) is 30.0 Å². The molecule has 0 bridgehead atoms. The summed E-state index contributed by atoms with van der Waals surface area (Å²) in [5.74, 6) is -1.06. The molecule has 1 aromatic carbocycles. The third kappa shape index (κ3) is 4.15. The molecule has 1 amide bonds. The van der Waals surface area contributed by atoms with Crippen molar-refractivity contribution in [3.05, 3.63) is 62.7 Å². The number of aromatic nitrogens is 3. The number of carbonyl (C=O) groups excluding carboxylic acids is 1. The minimum Gasteiger partial charge on any atom is -0.365 e. The highest BCUT2D eigenvalue weighted by Gasteiger charge is 2.26. The van der Waals surface area contributed by atoms with Gasteiger partial charge in [-0.25, -0.2) is 9.78 Å². The minimum absolute atomic E-state index is 0.0608. The number of fused-ring (bicyclic) bond motifs is 1. The van der Waals surface area contributed by atoms with Crippen LogP contribution in [0.2, 0.25) is 0 Å². The van der Waals surface area contributed by atoms with E-state index in [9.17, 15) is 14.0 Å².